The summed E-state index contributed by atoms with van der Waals surface area (Å²) in [5.74, 6) is 0.525. The van der Waals surface area contributed by atoms with Gasteiger partial charge in [-0.3, -0.25) is 4.99 Å². The Kier molecular flexibility index (Phi) is 8.60. The van der Waals surface area contributed by atoms with Gasteiger partial charge in [-0.1, -0.05) is 18.6 Å². The molecular weight excluding hydrogens is 341 g/mol. The van der Waals surface area contributed by atoms with Crippen molar-refractivity contribution in [3.05, 3.63) is 12.2 Å². The van der Waals surface area contributed by atoms with E-state index in [9.17, 15) is 0 Å². The summed E-state index contributed by atoms with van der Waals surface area (Å²) in [5.41, 5.74) is 7.20. The molecule has 1 rings (SSSR count). The minimum Gasteiger partial charge on any atom is -0.385 e. The number of rotatable bonds is 7. The predicted molar refractivity (Wildman–Crippen MR) is 87.5 cm³/mol. The Morgan fingerprint density at radius 1 is 1.50 bits per heavy atom. The fourth-order valence-electron chi connectivity index (χ4n) is 2.03. The first kappa shape index (κ1) is 17.7. The molecule has 106 valence electrons. The molecule has 0 amide bonds. The molecule has 1 aliphatic carbocycles. The topological polar surface area (TPSA) is 59.6 Å². The molecular formula is C13H26IN3O. The summed E-state index contributed by atoms with van der Waals surface area (Å²) in [7, 11) is 1.75. The highest BCUT2D eigenvalue weighted by atomic mass is 127. The number of hydrogen-bond donors (Lipinski definition) is 2. The maximum Gasteiger partial charge on any atom is 0.188 e. The minimum atomic E-state index is 0. The van der Waals surface area contributed by atoms with Crippen molar-refractivity contribution in [1.29, 1.82) is 0 Å². The molecule has 1 aliphatic rings. The third-order valence-corrected chi connectivity index (χ3v) is 3.41. The SMILES string of the molecule is C=C(C)CNC(N)=NCC1(CCOC)CCC1.I. The van der Waals surface area contributed by atoms with Crippen molar-refractivity contribution >= 4 is 29.9 Å². The molecule has 0 aromatic carbocycles. The summed E-state index contributed by atoms with van der Waals surface area (Å²) in [6, 6.07) is 0. The van der Waals surface area contributed by atoms with E-state index < -0.39 is 0 Å². The van der Waals surface area contributed by atoms with Crippen molar-refractivity contribution < 1.29 is 4.74 Å². The van der Waals surface area contributed by atoms with Gasteiger partial charge < -0.3 is 15.8 Å². The number of nitrogens with one attached hydrogen (secondary N) is 1. The standard InChI is InChI=1S/C13H25N3O.HI/c1-11(2)9-15-12(14)16-10-13(5-4-6-13)7-8-17-3;/h1,4-10H2,2-3H3,(H3,14,15,16);1H. The highest BCUT2D eigenvalue weighted by Crippen LogP contribution is 2.44. The summed E-state index contributed by atoms with van der Waals surface area (Å²) in [6.07, 6.45) is 4.88. The number of hydrogen-bond acceptors (Lipinski definition) is 2. The van der Waals surface area contributed by atoms with Gasteiger partial charge in [0.15, 0.2) is 5.96 Å². The molecule has 0 saturated heterocycles. The van der Waals surface area contributed by atoms with Gasteiger partial charge in [0.1, 0.15) is 0 Å². The Bertz CT molecular complexity index is 288. The lowest BCUT2D eigenvalue weighted by atomic mass is 9.67. The number of guanidine groups is 1. The van der Waals surface area contributed by atoms with Gasteiger partial charge in [-0.2, -0.15) is 0 Å². The van der Waals surface area contributed by atoms with E-state index in [-0.39, 0.29) is 24.0 Å². The monoisotopic (exact) mass is 367 g/mol. The number of halogens is 1. The Labute approximate surface area is 127 Å². The largest absolute Gasteiger partial charge is 0.385 e. The van der Waals surface area contributed by atoms with Gasteiger partial charge in [0.25, 0.3) is 0 Å². The van der Waals surface area contributed by atoms with Crippen molar-refractivity contribution in [3.8, 4) is 0 Å². The lowest BCUT2D eigenvalue weighted by Gasteiger charge is -2.40. The third-order valence-electron chi connectivity index (χ3n) is 3.41. The number of ether oxygens (including phenoxy) is 1. The average Bonchev–Trinajstić information content (AvgIpc) is 2.24. The van der Waals surface area contributed by atoms with Crippen molar-refractivity contribution in [2.24, 2.45) is 16.1 Å². The van der Waals surface area contributed by atoms with Gasteiger partial charge in [-0.25, -0.2) is 0 Å². The number of methoxy groups -OCH3 is 1. The smallest absolute Gasteiger partial charge is 0.188 e. The maximum atomic E-state index is 5.80. The predicted octanol–water partition coefficient (Wildman–Crippen LogP) is 2.29. The lowest BCUT2D eigenvalue weighted by Crippen LogP contribution is -2.37. The molecule has 0 unspecified atom stereocenters. The molecule has 0 aliphatic heterocycles. The van der Waals surface area contributed by atoms with E-state index in [4.69, 9.17) is 10.5 Å². The first-order chi connectivity index (χ1) is 8.08. The Morgan fingerprint density at radius 2 is 2.17 bits per heavy atom. The van der Waals surface area contributed by atoms with Gasteiger partial charge >= 0.3 is 0 Å². The van der Waals surface area contributed by atoms with Crippen molar-refractivity contribution in [2.45, 2.75) is 32.6 Å². The van der Waals surface area contributed by atoms with E-state index in [1.807, 2.05) is 6.92 Å². The number of nitrogens with two attached hydrogens (primary N) is 1. The van der Waals surface area contributed by atoms with Gasteiger partial charge in [0, 0.05) is 26.8 Å². The van der Waals surface area contributed by atoms with Crippen molar-refractivity contribution in [3.63, 3.8) is 0 Å². The fraction of sp³-hybridized carbons (Fsp3) is 0.769. The van der Waals surface area contributed by atoms with Crippen LogP contribution in [0.4, 0.5) is 0 Å². The molecule has 18 heavy (non-hydrogen) atoms. The second-order valence-corrected chi connectivity index (χ2v) is 5.11. The van der Waals surface area contributed by atoms with E-state index in [1.165, 1.54) is 19.3 Å². The van der Waals surface area contributed by atoms with E-state index in [0.717, 1.165) is 25.1 Å². The average molecular weight is 367 g/mol. The van der Waals surface area contributed by atoms with Gasteiger partial charge in [-0.15, -0.1) is 24.0 Å². The van der Waals surface area contributed by atoms with Crippen LogP contribution >= 0.6 is 24.0 Å². The zero-order chi connectivity index (χ0) is 12.7. The third kappa shape index (κ3) is 6.04. The van der Waals surface area contributed by atoms with Crippen LogP contribution in [0, 0.1) is 5.41 Å². The van der Waals surface area contributed by atoms with Crippen LogP contribution in [-0.2, 0) is 4.74 Å². The Hall–Kier alpha value is -0.300. The van der Waals surface area contributed by atoms with Crippen LogP contribution in [-0.4, -0.2) is 32.8 Å². The number of aliphatic imine (C=N–C) groups is 1. The van der Waals surface area contributed by atoms with Crippen LogP contribution < -0.4 is 11.1 Å². The normalized spacial score (nSPS) is 17.6. The summed E-state index contributed by atoms with van der Waals surface area (Å²) in [5, 5.41) is 3.06. The molecule has 4 nitrogen and oxygen atoms in total. The molecule has 0 radical (unpaired) electrons. The van der Waals surface area contributed by atoms with Crippen molar-refractivity contribution in [1.82, 2.24) is 5.32 Å². The molecule has 0 aromatic rings. The zero-order valence-corrected chi connectivity index (χ0v) is 13.8. The van der Waals surface area contributed by atoms with Gasteiger partial charge in [-0.05, 0) is 31.6 Å². The second-order valence-electron chi connectivity index (χ2n) is 5.11. The van der Waals surface area contributed by atoms with E-state index in [0.29, 0.717) is 17.9 Å². The van der Waals surface area contributed by atoms with Crippen LogP contribution in [0.2, 0.25) is 0 Å². The lowest BCUT2D eigenvalue weighted by molar-refractivity contribution is 0.0779. The fourth-order valence-corrected chi connectivity index (χ4v) is 2.03. The molecule has 0 atom stereocenters. The minimum absolute atomic E-state index is 0. The molecule has 0 bridgehead atoms. The summed E-state index contributed by atoms with van der Waals surface area (Å²) >= 11 is 0. The van der Waals surface area contributed by atoms with Crippen LogP contribution in [0.25, 0.3) is 0 Å². The molecule has 0 aromatic heterocycles. The Balaban J connectivity index is 0.00000289. The van der Waals surface area contributed by atoms with Crippen LogP contribution in [0.5, 0.6) is 0 Å². The summed E-state index contributed by atoms with van der Waals surface area (Å²) in [4.78, 5) is 4.43. The quantitative estimate of drug-likeness (QED) is 0.314. The molecule has 3 N–H and O–H groups in total. The molecule has 5 heteroatoms. The van der Waals surface area contributed by atoms with E-state index in [1.54, 1.807) is 7.11 Å². The van der Waals surface area contributed by atoms with Crippen molar-refractivity contribution in [2.75, 3.05) is 26.8 Å². The van der Waals surface area contributed by atoms with E-state index in [2.05, 4.69) is 16.9 Å². The van der Waals surface area contributed by atoms with Crippen LogP contribution in [0.15, 0.2) is 17.1 Å². The Morgan fingerprint density at radius 3 is 2.61 bits per heavy atom. The maximum absolute atomic E-state index is 5.80. The highest BCUT2D eigenvalue weighted by molar-refractivity contribution is 14.0. The molecule has 1 fully saturated rings. The van der Waals surface area contributed by atoms with Gasteiger partial charge in [0.05, 0.1) is 0 Å². The zero-order valence-electron chi connectivity index (χ0n) is 11.5. The molecule has 0 spiro atoms. The first-order valence-electron chi connectivity index (χ1n) is 6.25. The van der Waals surface area contributed by atoms with Gasteiger partial charge in [0.2, 0.25) is 0 Å². The second kappa shape index (κ2) is 8.74. The highest BCUT2D eigenvalue weighted by Gasteiger charge is 2.36. The molecule has 0 heterocycles. The van der Waals surface area contributed by atoms with Crippen LogP contribution in [0.3, 0.4) is 0 Å². The first-order valence-corrected chi connectivity index (χ1v) is 6.25. The number of nitrogens with zero attached hydrogens (tertiary/aromatic N) is 1. The van der Waals surface area contributed by atoms with Crippen LogP contribution in [0.1, 0.15) is 32.6 Å². The van der Waals surface area contributed by atoms with E-state index >= 15 is 0 Å². The molecule has 1 saturated carbocycles. The summed E-state index contributed by atoms with van der Waals surface area (Å²) in [6.45, 7) is 8.10. The summed E-state index contributed by atoms with van der Waals surface area (Å²) < 4.78 is 5.15.